The second kappa shape index (κ2) is 5.41. The average molecular weight is 363 g/mol. The van der Waals surface area contributed by atoms with Gasteiger partial charge in [0.05, 0.1) is 17.3 Å². The molecular formula is C22H21NO4. The molecule has 0 spiro atoms. The van der Waals surface area contributed by atoms with E-state index in [9.17, 15) is 9.90 Å². The van der Waals surface area contributed by atoms with Crippen molar-refractivity contribution in [3.05, 3.63) is 53.1 Å². The SMILES string of the molecule is O=C(O)c1cccc2c1N[C@H](c1ccc3c(c1)OCO3)[C@@H]1[C@H]3CC[C@@H](C3)[C@H]21. The molecule has 5 nitrogen and oxygen atoms in total. The highest BCUT2D eigenvalue weighted by atomic mass is 16.7. The van der Waals surface area contributed by atoms with E-state index in [0.29, 0.717) is 29.2 Å². The van der Waals surface area contributed by atoms with Gasteiger partial charge in [-0.05, 0) is 72.3 Å². The fraction of sp³-hybridized carbons (Fsp3) is 0.409. The summed E-state index contributed by atoms with van der Waals surface area (Å²) in [6, 6.07) is 12.0. The van der Waals surface area contributed by atoms with Crippen LogP contribution in [0.4, 0.5) is 5.69 Å². The van der Waals surface area contributed by atoms with E-state index in [4.69, 9.17) is 9.47 Å². The molecule has 2 aromatic carbocycles. The first-order valence-corrected chi connectivity index (χ1v) is 9.73. The van der Waals surface area contributed by atoms with Gasteiger partial charge in [0.1, 0.15) is 0 Å². The van der Waals surface area contributed by atoms with E-state index in [1.807, 2.05) is 12.1 Å². The predicted molar refractivity (Wildman–Crippen MR) is 99.4 cm³/mol. The maximum atomic E-state index is 11.8. The Bertz CT molecular complexity index is 955. The van der Waals surface area contributed by atoms with E-state index in [2.05, 4.69) is 23.5 Å². The smallest absolute Gasteiger partial charge is 0.337 e. The largest absolute Gasteiger partial charge is 0.478 e. The number of hydrogen-bond acceptors (Lipinski definition) is 4. The number of rotatable bonds is 2. The van der Waals surface area contributed by atoms with Crippen LogP contribution in [0.1, 0.15) is 52.7 Å². The summed E-state index contributed by atoms with van der Waals surface area (Å²) < 4.78 is 11.1. The summed E-state index contributed by atoms with van der Waals surface area (Å²) in [5.74, 6) is 3.00. The normalized spacial score (nSPS) is 31.9. The van der Waals surface area contributed by atoms with E-state index in [0.717, 1.165) is 22.7 Å². The molecule has 5 atom stereocenters. The lowest BCUT2D eigenvalue weighted by Crippen LogP contribution is -2.36. The van der Waals surface area contributed by atoms with Crippen molar-refractivity contribution in [1.82, 2.24) is 0 Å². The standard InChI is InChI=1S/C22H21NO4/c24-22(25)15-3-1-2-14-18-11-4-5-12(8-11)19(18)20(23-21(14)15)13-6-7-16-17(9-13)27-10-26-16/h1-3,6-7,9,11-12,18-20,23H,4-5,8,10H2,(H,24,25)/t11-,12-,18+,19+,20+/m0/s1. The number of hydrogen-bond donors (Lipinski definition) is 2. The molecule has 2 heterocycles. The van der Waals surface area contributed by atoms with Crippen molar-refractivity contribution in [2.24, 2.45) is 17.8 Å². The molecule has 2 bridgehead atoms. The summed E-state index contributed by atoms with van der Waals surface area (Å²) in [5, 5.41) is 13.4. The first-order chi connectivity index (χ1) is 13.2. The third-order valence-corrected chi connectivity index (χ3v) is 7.11. The average Bonchev–Trinajstić information content (AvgIpc) is 3.42. The maximum Gasteiger partial charge on any atom is 0.337 e. The van der Waals surface area contributed by atoms with E-state index < -0.39 is 5.97 Å². The van der Waals surface area contributed by atoms with Gasteiger partial charge in [-0.15, -0.1) is 0 Å². The second-order valence-corrected chi connectivity index (χ2v) is 8.25. The molecule has 2 aliphatic heterocycles. The summed E-state index contributed by atoms with van der Waals surface area (Å²) in [4.78, 5) is 11.8. The molecule has 27 heavy (non-hydrogen) atoms. The number of para-hydroxylation sites is 1. The zero-order valence-corrected chi connectivity index (χ0v) is 14.9. The Morgan fingerprint density at radius 3 is 2.81 bits per heavy atom. The first-order valence-electron chi connectivity index (χ1n) is 9.73. The number of carbonyl (C=O) groups is 1. The van der Waals surface area contributed by atoms with Crippen molar-refractivity contribution in [2.45, 2.75) is 31.2 Å². The molecule has 4 aliphatic rings. The van der Waals surface area contributed by atoms with Crippen LogP contribution >= 0.6 is 0 Å². The highest BCUT2D eigenvalue weighted by Crippen LogP contribution is 2.64. The van der Waals surface area contributed by atoms with Crippen LogP contribution in [-0.2, 0) is 0 Å². The summed E-state index contributed by atoms with van der Waals surface area (Å²) in [6.07, 6.45) is 3.80. The Kier molecular flexibility index (Phi) is 3.08. The summed E-state index contributed by atoms with van der Waals surface area (Å²) >= 11 is 0. The zero-order chi connectivity index (χ0) is 18.1. The number of fused-ring (bicyclic) bond motifs is 8. The molecule has 2 aromatic rings. The second-order valence-electron chi connectivity index (χ2n) is 8.25. The minimum atomic E-state index is -0.870. The monoisotopic (exact) mass is 363 g/mol. The lowest BCUT2D eigenvalue weighted by molar-refractivity contribution is 0.0697. The Morgan fingerprint density at radius 2 is 1.93 bits per heavy atom. The van der Waals surface area contributed by atoms with Gasteiger partial charge in [-0.3, -0.25) is 0 Å². The van der Waals surface area contributed by atoms with Gasteiger partial charge in [-0.2, -0.15) is 0 Å². The summed E-state index contributed by atoms with van der Waals surface area (Å²) in [7, 11) is 0. The number of ether oxygens (including phenoxy) is 2. The highest BCUT2D eigenvalue weighted by molar-refractivity contribution is 5.95. The fourth-order valence-corrected chi connectivity index (χ4v) is 6.13. The molecule has 0 aromatic heterocycles. The van der Waals surface area contributed by atoms with Crippen LogP contribution in [0.5, 0.6) is 11.5 Å². The van der Waals surface area contributed by atoms with Crippen molar-refractivity contribution in [3.63, 3.8) is 0 Å². The summed E-state index contributed by atoms with van der Waals surface area (Å²) in [5.41, 5.74) is 3.54. The van der Waals surface area contributed by atoms with Crippen molar-refractivity contribution in [2.75, 3.05) is 12.1 Å². The van der Waals surface area contributed by atoms with Gasteiger partial charge in [0.2, 0.25) is 6.79 Å². The maximum absolute atomic E-state index is 11.8. The number of benzene rings is 2. The topological polar surface area (TPSA) is 67.8 Å². The minimum absolute atomic E-state index is 0.104. The predicted octanol–water partition coefficient (Wildman–Crippen LogP) is 4.41. The molecule has 138 valence electrons. The van der Waals surface area contributed by atoms with Crippen LogP contribution in [0.15, 0.2) is 36.4 Å². The molecule has 2 N–H and O–H groups in total. The van der Waals surface area contributed by atoms with Crippen LogP contribution in [0.3, 0.4) is 0 Å². The highest BCUT2D eigenvalue weighted by Gasteiger charge is 2.54. The molecule has 0 radical (unpaired) electrons. The quantitative estimate of drug-likeness (QED) is 0.827. The Hall–Kier alpha value is -2.69. The van der Waals surface area contributed by atoms with Gasteiger partial charge in [-0.25, -0.2) is 4.79 Å². The number of carboxylic acids is 1. The van der Waals surface area contributed by atoms with Crippen molar-refractivity contribution in [3.8, 4) is 11.5 Å². The molecule has 2 saturated carbocycles. The van der Waals surface area contributed by atoms with Gasteiger partial charge >= 0.3 is 5.97 Å². The molecule has 2 fully saturated rings. The van der Waals surface area contributed by atoms with Crippen molar-refractivity contribution in [1.29, 1.82) is 0 Å². The van der Waals surface area contributed by atoms with Crippen molar-refractivity contribution < 1.29 is 19.4 Å². The van der Waals surface area contributed by atoms with Gasteiger partial charge in [0.25, 0.3) is 0 Å². The van der Waals surface area contributed by atoms with Crippen LogP contribution < -0.4 is 14.8 Å². The van der Waals surface area contributed by atoms with Crippen LogP contribution in [0, 0.1) is 17.8 Å². The number of carboxylic acid groups (broad SMARTS) is 1. The van der Waals surface area contributed by atoms with Gasteiger partial charge in [0, 0.05) is 0 Å². The Morgan fingerprint density at radius 1 is 1.07 bits per heavy atom. The minimum Gasteiger partial charge on any atom is -0.478 e. The molecule has 0 amide bonds. The zero-order valence-electron chi connectivity index (χ0n) is 14.9. The van der Waals surface area contributed by atoms with Gasteiger partial charge < -0.3 is 19.9 Å². The number of nitrogens with one attached hydrogen (secondary N) is 1. The fourth-order valence-electron chi connectivity index (χ4n) is 6.13. The summed E-state index contributed by atoms with van der Waals surface area (Å²) in [6.45, 7) is 0.264. The molecule has 5 heteroatoms. The van der Waals surface area contributed by atoms with E-state index in [1.54, 1.807) is 6.07 Å². The van der Waals surface area contributed by atoms with E-state index >= 15 is 0 Å². The van der Waals surface area contributed by atoms with E-state index in [1.165, 1.54) is 24.8 Å². The van der Waals surface area contributed by atoms with Crippen LogP contribution in [0.25, 0.3) is 0 Å². The van der Waals surface area contributed by atoms with Gasteiger partial charge in [-0.1, -0.05) is 18.2 Å². The lowest BCUT2D eigenvalue weighted by Gasteiger charge is -2.44. The third kappa shape index (κ3) is 2.08. The van der Waals surface area contributed by atoms with Crippen LogP contribution in [0.2, 0.25) is 0 Å². The molecule has 0 unspecified atom stereocenters. The van der Waals surface area contributed by atoms with Crippen LogP contribution in [-0.4, -0.2) is 17.9 Å². The number of aromatic carboxylic acids is 1. The Labute approximate surface area is 157 Å². The third-order valence-electron chi connectivity index (χ3n) is 7.11. The molecule has 0 saturated heterocycles. The molecule has 6 rings (SSSR count). The number of anilines is 1. The Balaban J connectivity index is 1.51. The van der Waals surface area contributed by atoms with E-state index in [-0.39, 0.29) is 12.8 Å². The first kappa shape index (κ1) is 15.4. The lowest BCUT2D eigenvalue weighted by atomic mass is 9.67. The molecule has 2 aliphatic carbocycles. The molecular weight excluding hydrogens is 342 g/mol. The van der Waals surface area contributed by atoms with Crippen molar-refractivity contribution >= 4 is 11.7 Å². The van der Waals surface area contributed by atoms with Gasteiger partial charge in [0.15, 0.2) is 11.5 Å².